The maximum atomic E-state index is 14.6. The predicted molar refractivity (Wildman–Crippen MR) is 188 cm³/mol. The number of halogens is 2. The van der Waals surface area contributed by atoms with Crippen molar-refractivity contribution in [2.45, 2.75) is 93.7 Å². The monoisotopic (exact) mass is 750 g/mol. The fraction of sp³-hybridized carbons (Fsp3) is 0.459. The van der Waals surface area contributed by atoms with Gasteiger partial charge in [-0.2, -0.15) is 0 Å². The number of hydrogen-bond donors (Lipinski definition) is 3. The van der Waals surface area contributed by atoms with Crippen molar-refractivity contribution >= 4 is 44.7 Å². The molecular formula is C37H40F2N6O7S. The number of ether oxygens (including phenoxy) is 1. The summed E-state index contributed by atoms with van der Waals surface area (Å²) < 4.78 is 62.6. The molecule has 7 rings (SSSR count). The topological polar surface area (TPSA) is 177 Å². The largest absolute Gasteiger partial charge is 0.471 e. The first kappa shape index (κ1) is 36.4. The summed E-state index contributed by atoms with van der Waals surface area (Å²) in [6.45, 7) is 1.52. The lowest BCUT2D eigenvalue weighted by Gasteiger charge is -2.30. The van der Waals surface area contributed by atoms with Crippen LogP contribution in [0.1, 0.15) is 73.8 Å². The Kier molecular flexibility index (Phi) is 9.91. The Hall–Kier alpha value is -4.99. The maximum Gasteiger partial charge on any atom is 0.259 e. The number of sulfonamides is 1. The third kappa shape index (κ3) is 7.73. The summed E-state index contributed by atoms with van der Waals surface area (Å²) in [5, 5.41) is 4.82. The second-order valence-corrected chi connectivity index (χ2v) is 16.2. The number of nitrogens with one attached hydrogen (secondary N) is 3. The van der Waals surface area contributed by atoms with Crippen LogP contribution in [-0.2, 0) is 24.4 Å². The molecule has 2 aromatic carbocycles. The van der Waals surface area contributed by atoms with Crippen LogP contribution in [0.3, 0.4) is 0 Å². The zero-order valence-electron chi connectivity index (χ0n) is 29.0. The highest BCUT2D eigenvalue weighted by molar-refractivity contribution is 7.91. The van der Waals surface area contributed by atoms with Gasteiger partial charge in [-0.25, -0.2) is 27.2 Å². The van der Waals surface area contributed by atoms with E-state index in [1.54, 1.807) is 6.92 Å². The summed E-state index contributed by atoms with van der Waals surface area (Å²) in [4.78, 5) is 65.9. The van der Waals surface area contributed by atoms with Crippen LogP contribution in [0.2, 0.25) is 0 Å². The Morgan fingerprint density at radius 1 is 1.02 bits per heavy atom. The standard InChI is InChI=1S/C37H40F2N6O7S/c1-21-34(42-30-17-23(38)13-16-28(30)40-21)52-24-18-31-33(47)43-37(36(49)44-53(50,51)25-14-15-25)19-22(37)9-5-3-2-4-6-12-29(35(48)45(31)20-24)41-32(46)26-10-7-8-11-27(26)39/h5,7-11,13,16-17,22,24-25,29,31H,2-4,6,12,14-15,18-20H2,1H3,(H,41,46)(H,43,47)(H,44,49)/t22-,24-,29+,31+,37-/m1/s1. The lowest BCUT2D eigenvalue weighted by atomic mass is 10.0. The van der Waals surface area contributed by atoms with E-state index in [-0.39, 0.29) is 42.8 Å². The summed E-state index contributed by atoms with van der Waals surface area (Å²) in [6.07, 6.45) is 6.65. The summed E-state index contributed by atoms with van der Waals surface area (Å²) >= 11 is 0. The summed E-state index contributed by atoms with van der Waals surface area (Å²) in [5.41, 5.74) is -0.732. The van der Waals surface area contributed by atoms with E-state index in [2.05, 4.69) is 25.3 Å². The van der Waals surface area contributed by atoms with Crippen LogP contribution in [0.15, 0.2) is 54.6 Å². The molecule has 4 aliphatic rings. The van der Waals surface area contributed by atoms with E-state index < -0.39 is 80.2 Å². The van der Waals surface area contributed by atoms with Gasteiger partial charge in [0.15, 0.2) is 0 Å². The number of allylic oxidation sites excluding steroid dienone is 1. The van der Waals surface area contributed by atoms with Crippen molar-refractivity contribution in [3.63, 3.8) is 0 Å². The van der Waals surface area contributed by atoms with Crippen molar-refractivity contribution in [1.29, 1.82) is 0 Å². The van der Waals surface area contributed by atoms with Crippen LogP contribution in [0.4, 0.5) is 8.78 Å². The second kappa shape index (κ2) is 14.4. The predicted octanol–water partition coefficient (Wildman–Crippen LogP) is 3.37. The lowest BCUT2D eigenvalue weighted by Crippen LogP contribution is -2.58. The minimum absolute atomic E-state index is 0.0631. The van der Waals surface area contributed by atoms with E-state index in [1.807, 2.05) is 12.2 Å². The van der Waals surface area contributed by atoms with Crippen LogP contribution < -0.4 is 20.1 Å². The van der Waals surface area contributed by atoms with Crippen LogP contribution >= 0.6 is 0 Å². The first-order valence-electron chi connectivity index (χ1n) is 17.9. The van der Waals surface area contributed by atoms with Gasteiger partial charge in [-0.15, -0.1) is 0 Å². The average molecular weight is 751 g/mol. The fourth-order valence-electron chi connectivity index (χ4n) is 7.10. The molecule has 0 bridgehead atoms. The minimum atomic E-state index is -3.93. The number of aryl methyl sites for hydroxylation is 1. The van der Waals surface area contributed by atoms with Gasteiger partial charge in [0, 0.05) is 18.4 Å². The highest BCUT2D eigenvalue weighted by Crippen LogP contribution is 2.46. The van der Waals surface area contributed by atoms with Gasteiger partial charge in [0.1, 0.15) is 41.1 Å². The van der Waals surface area contributed by atoms with E-state index in [4.69, 9.17) is 4.74 Å². The molecule has 2 aliphatic carbocycles. The molecule has 4 amide bonds. The first-order chi connectivity index (χ1) is 25.3. The highest BCUT2D eigenvalue weighted by atomic mass is 32.2. The number of carbonyl (C=O) groups is 4. The smallest absolute Gasteiger partial charge is 0.259 e. The van der Waals surface area contributed by atoms with Gasteiger partial charge in [-0.1, -0.05) is 37.1 Å². The number of amides is 4. The van der Waals surface area contributed by atoms with E-state index in [1.165, 1.54) is 41.3 Å². The Labute approximate surface area is 305 Å². The van der Waals surface area contributed by atoms with Crippen molar-refractivity contribution < 1.29 is 41.1 Å². The summed E-state index contributed by atoms with van der Waals surface area (Å²) in [5.74, 6) is -4.64. The molecule has 1 aromatic heterocycles. The van der Waals surface area contributed by atoms with Crippen molar-refractivity contribution in [2.24, 2.45) is 5.92 Å². The van der Waals surface area contributed by atoms with E-state index in [0.717, 1.165) is 12.5 Å². The number of nitrogens with zero attached hydrogens (tertiary/aromatic N) is 3. The van der Waals surface area contributed by atoms with Gasteiger partial charge in [0.05, 0.1) is 28.4 Å². The van der Waals surface area contributed by atoms with Crippen molar-refractivity contribution in [3.8, 4) is 5.88 Å². The molecule has 0 radical (unpaired) electrons. The third-order valence-corrected chi connectivity index (χ3v) is 12.1. The van der Waals surface area contributed by atoms with E-state index >= 15 is 0 Å². The Bertz CT molecular complexity index is 2110. The number of rotatable bonds is 7. The number of benzene rings is 2. The molecule has 16 heteroatoms. The van der Waals surface area contributed by atoms with Crippen molar-refractivity contribution in [2.75, 3.05) is 6.54 Å². The first-order valence-corrected chi connectivity index (χ1v) is 19.4. The molecular weight excluding hydrogens is 711 g/mol. The fourth-order valence-corrected chi connectivity index (χ4v) is 8.46. The van der Waals surface area contributed by atoms with Gasteiger partial charge in [-0.05, 0) is 69.7 Å². The minimum Gasteiger partial charge on any atom is -0.471 e. The normalized spacial score (nSPS) is 26.4. The van der Waals surface area contributed by atoms with Gasteiger partial charge < -0.3 is 20.3 Å². The SMILES string of the molecule is Cc1nc2ccc(F)cc2nc1O[C@@H]1C[C@H]2C(=O)N[C@]3(C(=O)NS(=O)(=O)C4CC4)C[C@H]3C=CCCCCC[C@H](NC(=O)c3ccccc3F)C(=O)N2C1. The second-order valence-electron chi connectivity index (χ2n) is 14.2. The number of fused-ring (bicyclic) bond motifs is 3. The van der Waals surface area contributed by atoms with Gasteiger partial charge in [0.2, 0.25) is 27.7 Å². The van der Waals surface area contributed by atoms with Gasteiger partial charge >= 0.3 is 0 Å². The average Bonchev–Trinajstić information content (AvgIpc) is 4.04. The third-order valence-electron chi connectivity index (χ3n) is 10.3. The Balaban J connectivity index is 1.20. The molecule has 1 saturated heterocycles. The molecule has 5 atom stereocenters. The highest BCUT2D eigenvalue weighted by Gasteiger charge is 2.62. The Morgan fingerprint density at radius 3 is 2.58 bits per heavy atom. The van der Waals surface area contributed by atoms with Crippen LogP contribution in [0, 0.1) is 24.5 Å². The molecule has 0 spiro atoms. The molecule has 3 aromatic rings. The van der Waals surface area contributed by atoms with Gasteiger partial charge in [0.25, 0.3) is 11.8 Å². The number of aromatic nitrogens is 2. The van der Waals surface area contributed by atoms with E-state index in [0.29, 0.717) is 43.3 Å². The zero-order chi connectivity index (χ0) is 37.5. The lowest BCUT2D eigenvalue weighted by molar-refractivity contribution is -0.141. The molecule has 280 valence electrons. The van der Waals surface area contributed by atoms with Crippen molar-refractivity contribution in [3.05, 3.63) is 77.5 Å². The van der Waals surface area contributed by atoms with Crippen LogP contribution in [0.5, 0.6) is 5.88 Å². The molecule has 53 heavy (non-hydrogen) atoms. The molecule has 0 unspecified atom stereocenters. The molecule has 13 nitrogen and oxygen atoms in total. The molecule has 3 N–H and O–H groups in total. The number of hydrogen-bond acceptors (Lipinski definition) is 9. The number of carbonyl (C=O) groups excluding carboxylic acids is 4. The van der Waals surface area contributed by atoms with Crippen molar-refractivity contribution in [1.82, 2.24) is 30.2 Å². The molecule has 3 heterocycles. The van der Waals surface area contributed by atoms with Gasteiger partial charge in [-0.3, -0.25) is 23.9 Å². The summed E-state index contributed by atoms with van der Waals surface area (Å²) in [7, 11) is -3.93. The summed E-state index contributed by atoms with van der Waals surface area (Å²) in [6, 6.07) is 7.00. The molecule has 3 fully saturated rings. The maximum absolute atomic E-state index is 14.6. The molecule has 2 aliphatic heterocycles. The Morgan fingerprint density at radius 2 is 1.81 bits per heavy atom. The van der Waals surface area contributed by atoms with E-state index in [9.17, 15) is 36.4 Å². The quantitative estimate of drug-likeness (QED) is 0.306. The molecule has 2 saturated carbocycles. The van der Waals surface area contributed by atoms with Crippen LogP contribution in [0.25, 0.3) is 11.0 Å². The van der Waals surface area contributed by atoms with Crippen LogP contribution in [-0.4, -0.2) is 82.4 Å². The zero-order valence-corrected chi connectivity index (χ0v) is 29.8.